The van der Waals surface area contributed by atoms with Gasteiger partial charge < -0.3 is 10.6 Å². The molecule has 2 N–H and O–H groups in total. The maximum Gasteiger partial charge on any atom is 0.226 e. The van der Waals surface area contributed by atoms with Crippen molar-refractivity contribution in [2.45, 2.75) is 19.9 Å². The number of thiazole rings is 1. The van der Waals surface area contributed by atoms with Crippen molar-refractivity contribution in [3.8, 4) is 0 Å². The van der Waals surface area contributed by atoms with E-state index in [0.717, 1.165) is 5.56 Å². The second-order valence-electron chi connectivity index (χ2n) is 4.26. The summed E-state index contributed by atoms with van der Waals surface area (Å²) in [4.78, 5) is 26.8. The van der Waals surface area contributed by atoms with Crippen LogP contribution < -0.4 is 10.6 Å². The summed E-state index contributed by atoms with van der Waals surface area (Å²) in [5.41, 5.74) is 1.71. The van der Waals surface area contributed by atoms with E-state index in [2.05, 4.69) is 15.6 Å². The fourth-order valence-electron chi connectivity index (χ4n) is 1.62. The summed E-state index contributed by atoms with van der Waals surface area (Å²) in [6, 6.07) is 9.71. The first-order chi connectivity index (χ1) is 9.63. The molecule has 1 aromatic carbocycles. The highest BCUT2D eigenvalue weighted by Crippen LogP contribution is 2.15. The molecule has 2 rings (SSSR count). The molecule has 0 bridgehead atoms. The third-order valence-corrected chi connectivity index (χ3v) is 3.32. The largest absolute Gasteiger partial charge is 0.352 e. The van der Waals surface area contributed by atoms with Gasteiger partial charge in [-0.2, -0.15) is 0 Å². The Bertz CT molecular complexity index is 595. The topological polar surface area (TPSA) is 71.1 Å². The zero-order valence-electron chi connectivity index (χ0n) is 11.1. The Hall–Kier alpha value is -2.21. The second-order valence-corrected chi connectivity index (χ2v) is 5.12. The van der Waals surface area contributed by atoms with Crippen LogP contribution in [0.25, 0.3) is 0 Å². The molecule has 104 valence electrons. The molecule has 0 atom stereocenters. The first kappa shape index (κ1) is 14.2. The van der Waals surface area contributed by atoms with Crippen LogP contribution in [0.4, 0.5) is 5.13 Å². The van der Waals surface area contributed by atoms with E-state index in [9.17, 15) is 9.59 Å². The Kier molecular flexibility index (Phi) is 4.84. The highest BCUT2D eigenvalue weighted by atomic mass is 32.1. The van der Waals surface area contributed by atoms with E-state index in [1.165, 1.54) is 18.3 Å². The fraction of sp³-hybridized carbons (Fsp3) is 0.214. The molecule has 0 aliphatic rings. The highest BCUT2D eigenvalue weighted by molar-refractivity contribution is 7.13. The zero-order valence-corrected chi connectivity index (χ0v) is 11.9. The van der Waals surface area contributed by atoms with Gasteiger partial charge in [0.15, 0.2) is 5.13 Å². The average Bonchev–Trinajstić information content (AvgIpc) is 2.84. The maximum absolute atomic E-state index is 11.8. The maximum atomic E-state index is 11.8. The van der Waals surface area contributed by atoms with Crippen molar-refractivity contribution < 1.29 is 9.59 Å². The van der Waals surface area contributed by atoms with Crippen LogP contribution in [0.5, 0.6) is 0 Å². The minimum Gasteiger partial charge on any atom is -0.352 e. The van der Waals surface area contributed by atoms with E-state index in [0.29, 0.717) is 17.4 Å². The lowest BCUT2D eigenvalue weighted by molar-refractivity contribution is -0.120. The van der Waals surface area contributed by atoms with E-state index in [1.54, 1.807) is 5.38 Å². The summed E-state index contributed by atoms with van der Waals surface area (Å²) in [6.07, 6.45) is 0.211. The molecule has 0 aliphatic carbocycles. The SMILES string of the molecule is CC(=O)Nc1nc(CC(=O)NCc2ccccc2)cs1. The van der Waals surface area contributed by atoms with E-state index in [4.69, 9.17) is 0 Å². The Morgan fingerprint density at radius 1 is 1.25 bits per heavy atom. The first-order valence-electron chi connectivity index (χ1n) is 6.16. The van der Waals surface area contributed by atoms with Gasteiger partial charge in [0.2, 0.25) is 11.8 Å². The Morgan fingerprint density at radius 2 is 2.00 bits per heavy atom. The van der Waals surface area contributed by atoms with Crippen LogP contribution in [0, 0.1) is 0 Å². The molecular formula is C14H15N3O2S. The molecule has 0 unspecified atom stereocenters. The van der Waals surface area contributed by atoms with Gasteiger partial charge in [0.1, 0.15) is 0 Å². The molecule has 1 aromatic heterocycles. The lowest BCUT2D eigenvalue weighted by Crippen LogP contribution is -2.24. The van der Waals surface area contributed by atoms with Gasteiger partial charge in [0.05, 0.1) is 12.1 Å². The number of carbonyl (C=O) groups excluding carboxylic acids is 2. The number of anilines is 1. The summed E-state index contributed by atoms with van der Waals surface area (Å²) in [5, 5.41) is 7.72. The van der Waals surface area contributed by atoms with Crippen molar-refractivity contribution in [1.29, 1.82) is 0 Å². The molecule has 0 radical (unpaired) electrons. The predicted molar refractivity (Wildman–Crippen MR) is 78.4 cm³/mol. The molecule has 1 heterocycles. The lowest BCUT2D eigenvalue weighted by Gasteiger charge is -2.03. The van der Waals surface area contributed by atoms with Crippen LogP contribution >= 0.6 is 11.3 Å². The minimum absolute atomic E-state index is 0.0893. The standard InChI is InChI=1S/C14H15N3O2S/c1-10(18)16-14-17-12(9-20-14)7-13(19)15-8-11-5-3-2-4-6-11/h2-6,9H,7-8H2,1H3,(H,15,19)(H,16,17,18). The molecule has 6 heteroatoms. The smallest absolute Gasteiger partial charge is 0.226 e. The van der Waals surface area contributed by atoms with E-state index in [1.807, 2.05) is 30.3 Å². The third kappa shape index (κ3) is 4.47. The van der Waals surface area contributed by atoms with Crippen molar-refractivity contribution in [2.75, 3.05) is 5.32 Å². The van der Waals surface area contributed by atoms with Crippen molar-refractivity contribution in [1.82, 2.24) is 10.3 Å². The fourth-order valence-corrected chi connectivity index (χ4v) is 2.38. The van der Waals surface area contributed by atoms with Crippen molar-refractivity contribution in [3.05, 3.63) is 47.0 Å². The quantitative estimate of drug-likeness (QED) is 0.884. The normalized spacial score (nSPS) is 10.1. The summed E-state index contributed by atoms with van der Waals surface area (Å²) in [5.74, 6) is -0.257. The molecule has 0 spiro atoms. The number of nitrogens with one attached hydrogen (secondary N) is 2. The third-order valence-electron chi connectivity index (χ3n) is 2.51. The van der Waals surface area contributed by atoms with Crippen molar-refractivity contribution in [3.63, 3.8) is 0 Å². The molecule has 0 aliphatic heterocycles. The van der Waals surface area contributed by atoms with Crippen LogP contribution in [0.2, 0.25) is 0 Å². The minimum atomic E-state index is -0.167. The van der Waals surface area contributed by atoms with E-state index in [-0.39, 0.29) is 18.2 Å². The van der Waals surface area contributed by atoms with Gasteiger partial charge in [-0.1, -0.05) is 30.3 Å². The van der Waals surface area contributed by atoms with Crippen LogP contribution in [-0.4, -0.2) is 16.8 Å². The summed E-state index contributed by atoms with van der Waals surface area (Å²) < 4.78 is 0. The van der Waals surface area contributed by atoms with Crippen LogP contribution in [-0.2, 0) is 22.6 Å². The van der Waals surface area contributed by atoms with Gasteiger partial charge in [-0.25, -0.2) is 4.98 Å². The number of rotatable bonds is 5. The van der Waals surface area contributed by atoms with Gasteiger partial charge in [-0.05, 0) is 5.56 Å². The summed E-state index contributed by atoms with van der Waals surface area (Å²) in [6.45, 7) is 1.93. The first-order valence-corrected chi connectivity index (χ1v) is 7.04. The van der Waals surface area contributed by atoms with Crippen molar-refractivity contribution >= 4 is 28.3 Å². The van der Waals surface area contributed by atoms with E-state index >= 15 is 0 Å². The van der Waals surface area contributed by atoms with Gasteiger partial charge in [-0.15, -0.1) is 11.3 Å². The van der Waals surface area contributed by atoms with Crippen molar-refractivity contribution in [2.24, 2.45) is 0 Å². The Morgan fingerprint density at radius 3 is 2.70 bits per heavy atom. The molecule has 2 aromatic rings. The number of hydrogen-bond donors (Lipinski definition) is 2. The number of nitrogens with zero attached hydrogens (tertiary/aromatic N) is 1. The molecule has 20 heavy (non-hydrogen) atoms. The number of aromatic nitrogens is 1. The second kappa shape index (κ2) is 6.81. The molecule has 5 nitrogen and oxygen atoms in total. The average molecular weight is 289 g/mol. The molecule has 0 saturated heterocycles. The molecular weight excluding hydrogens is 274 g/mol. The van der Waals surface area contributed by atoms with Crippen LogP contribution in [0.1, 0.15) is 18.2 Å². The number of hydrogen-bond acceptors (Lipinski definition) is 4. The number of benzene rings is 1. The Labute approximate surface area is 121 Å². The lowest BCUT2D eigenvalue weighted by atomic mass is 10.2. The number of carbonyl (C=O) groups is 2. The zero-order chi connectivity index (χ0) is 14.4. The molecule has 0 saturated carbocycles. The van der Waals surface area contributed by atoms with Gasteiger partial charge in [0.25, 0.3) is 0 Å². The van der Waals surface area contributed by atoms with Gasteiger partial charge in [0, 0.05) is 18.8 Å². The summed E-state index contributed by atoms with van der Waals surface area (Å²) >= 11 is 1.31. The predicted octanol–water partition coefficient (Wildman–Crippen LogP) is 1.96. The monoisotopic (exact) mass is 289 g/mol. The van der Waals surface area contributed by atoms with Crippen LogP contribution in [0.3, 0.4) is 0 Å². The van der Waals surface area contributed by atoms with Gasteiger partial charge in [-0.3, -0.25) is 9.59 Å². The van der Waals surface area contributed by atoms with E-state index < -0.39 is 0 Å². The number of amides is 2. The van der Waals surface area contributed by atoms with Crippen LogP contribution in [0.15, 0.2) is 35.7 Å². The summed E-state index contributed by atoms with van der Waals surface area (Å²) in [7, 11) is 0. The van der Waals surface area contributed by atoms with Gasteiger partial charge >= 0.3 is 0 Å². The molecule has 0 fully saturated rings. The molecule has 2 amide bonds. The Balaban J connectivity index is 1.82. The highest BCUT2D eigenvalue weighted by Gasteiger charge is 2.08.